The van der Waals surface area contributed by atoms with Gasteiger partial charge in [0, 0.05) is 30.6 Å². The van der Waals surface area contributed by atoms with E-state index in [4.69, 9.17) is 4.74 Å². The molecule has 0 amide bonds. The average molecular weight is 311 g/mol. The van der Waals surface area contributed by atoms with Crippen LogP contribution in [0, 0.1) is 13.8 Å². The lowest BCUT2D eigenvalue weighted by Crippen LogP contribution is -2.07. The second kappa shape index (κ2) is 6.66. The van der Waals surface area contributed by atoms with E-state index in [-0.39, 0.29) is 0 Å². The van der Waals surface area contributed by atoms with Gasteiger partial charge >= 0.3 is 0 Å². The summed E-state index contributed by atoms with van der Waals surface area (Å²) in [6.45, 7) is 5.72. The molecule has 0 bridgehead atoms. The van der Waals surface area contributed by atoms with Gasteiger partial charge in [0.1, 0.15) is 0 Å². The van der Waals surface area contributed by atoms with Crippen molar-refractivity contribution in [2.45, 2.75) is 20.4 Å². The van der Waals surface area contributed by atoms with Crippen molar-refractivity contribution in [3.8, 4) is 0 Å². The van der Waals surface area contributed by atoms with Crippen LogP contribution in [-0.4, -0.2) is 34.5 Å². The number of rotatable bonds is 6. The highest BCUT2D eigenvalue weighted by molar-refractivity contribution is 5.82. The third kappa shape index (κ3) is 3.27. The topological polar surface area (TPSA) is 67.2 Å². The summed E-state index contributed by atoms with van der Waals surface area (Å²) in [4.78, 5) is 7.61. The predicted octanol–water partition coefficient (Wildman–Crippen LogP) is 3.07. The van der Waals surface area contributed by atoms with E-state index < -0.39 is 0 Å². The van der Waals surface area contributed by atoms with E-state index in [1.54, 1.807) is 7.11 Å². The number of anilines is 1. The van der Waals surface area contributed by atoms with Crippen molar-refractivity contribution in [2.24, 2.45) is 5.10 Å². The molecule has 3 aromatic rings. The number of aromatic amines is 1. The van der Waals surface area contributed by atoms with E-state index in [0.29, 0.717) is 12.6 Å². The molecule has 120 valence electrons. The predicted molar refractivity (Wildman–Crippen MR) is 93.1 cm³/mol. The lowest BCUT2D eigenvalue weighted by atomic mass is 10.3. The molecule has 6 nitrogen and oxygen atoms in total. The van der Waals surface area contributed by atoms with E-state index in [1.807, 2.05) is 30.5 Å². The van der Waals surface area contributed by atoms with Gasteiger partial charge in [-0.05, 0) is 32.0 Å². The Morgan fingerprint density at radius 3 is 2.96 bits per heavy atom. The third-order valence-electron chi connectivity index (χ3n) is 3.90. The third-order valence-corrected chi connectivity index (χ3v) is 3.90. The van der Waals surface area contributed by atoms with E-state index >= 15 is 0 Å². The second-order valence-electron chi connectivity index (χ2n) is 5.44. The lowest BCUT2D eigenvalue weighted by molar-refractivity contribution is 0.186. The Labute approximate surface area is 135 Å². The van der Waals surface area contributed by atoms with Gasteiger partial charge in [-0.3, -0.25) is 0 Å². The Balaban J connectivity index is 1.72. The summed E-state index contributed by atoms with van der Waals surface area (Å²) < 4.78 is 7.38. The number of H-pyrrole nitrogens is 1. The van der Waals surface area contributed by atoms with Gasteiger partial charge < -0.3 is 14.3 Å². The zero-order chi connectivity index (χ0) is 16.2. The van der Waals surface area contributed by atoms with Gasteiger partial charge in [0.25, 0.3) is 0 Å². The van der Waals surface area contributed by atoms with Crippen molar-refractivity contribution in [1.82, 2.24) is 14.5 Å². The lowest BCUT2D eigenvalue weighted by Gasteiger charge is -2.08. The Morgan fingerprint density at radius 2 is 2.17 bits per heavy atom. The number of aromatic nitrogens is 3. The summed E-state index contributed by atoms with van der Waals surface area (Å²) in [6.07, 6.45) is 1.82. The van der Waals surface area contributed by atoms with Crippen LogP contribution in [0.3, 0.4) is 0 Å². The molecule has 6 heteroatoms. The SMILES string of the molecule is COCCn1c(C)cc(C=NNc2nc3ccccc3[nH]2)c1C. The highest BCUT2D eigenvalue weighted by Crippen LogP contribution is 2.15. The number of benzene rings is 1. The van der Waals surface area contributed by atoms with Crippen molar-refractivity contribution in [3.63, 3.8) is 0 Å². The number of hydrogen-bond acceptors (Lipinski definition) is 4. The van der Waals surface area contributed by atoms with E-state index in [1.165, 1.54) is 11.4 Å². The van der Waals surface area contributed by atoms with Crippen LogP contribution < -0.4 is 5.43 Å². The Kier molecular flexibility index (Phi) is 4.43. The summed E-state index contributed by atoms with van der Waals surface area (Å²) in [5, 5.41) is 4.29. The maximum absolute atomic E-state index is 5.15. The number of nitrogens with zero attached hydrogens (tertiary/aromatic N) is 3. The minimum Gasteiger partial charge on any atom is -0.383 e. The number of methoxy groups -OCH3 is 1. The first kappa shape index (κ1) is 15.3. The van der Waals surface area contributed by atoms with Gasteiger partial charge in [-0.2, -0.15) is 5.10 Å². The Morgan fingerprint density at radius 1 is 1.35 bits per heavy atom. The Bertz CT molecular complexity index is 798. The van der Waals surface area contributed by atoms with E-state index in [9.17, 15) is 0 Å². The molecular weight excluding hydrogens is 290 g/mol. The number of fused-ring (bicyclic) bond motifs is 1. The molecule has 0 aliphatic rings. The van der Waals surface area contributed by atoms with Crippen LogP contribution in [0.25, 0.3) is 11.0 Å². The number of ether oxygens (including phenoxy) is 1. The fourth-order valence-corrected chi connectivity index (χ4v) is 2.65. The molecule has 0 fully saturated rings. The standard InChI is InChI=1S/C17H21N5O/c1-12-10-14(13(2)22(12)8-9-23-3)11-18-21-17-19-15-6-4-5-7-16(15)20-17/h4-7,10-11H,8-9H2,1-3H3,(H2,19,20,21). The highest BCUT2D eigenvalue weighted by atomic mass is 16.5. The first-order valence-electron chi connectivity index (χ1n) is 7.58. The molecule has 0 aliphatic carbocycles. The van der Waals surface area contributed by atoms with Gasteiger partial charge in [-0.25, -0.2) is 10.4 Å². The molecule has 0 saturated heterocycles. The highest BCUT2D eigenvalue weighted by Gasteiger charge is 2.07. The van der Waals surface area contributed by atoms with Crippen LogP contribution >= 0.6 is 0 Å². The number of hydrazone groups is 1. The van der Waals surface area contributed by atoms with Crippen molar-refractivity contribution < 1.29 is 4.74 Å². The van der Waals surface area contributed by atoms with E-state index in [0.717, 1.165) is 23.1 Å². The van der Waals surface area contributed by atoms with Gasteiger partial charge in [0.05, 0.1) is 23.9 Å². The van der Waals surface area contributed by atoms with Crippen molar-refractivity contribution in [3.05, 3.63) is 47.3 Å². The molecule has 2 heterocycles. The first-order chi connectivity index (χ1) is 11.2. The van der Waals surface area contributed by atoms with Crippen molar-refractivity contribution >= 4 is 23.2 Å². The van der Waals surface area contributed by atoms with Gasteiger partial charge in [0.15, 0.2) is 0 Å². The zero-order valence-electron chi connectivity index (χ0n) is 13.6. The minimum absolute atomic E-state index is 0.635. The molecule has 0 saturated carbocycles. The van der Waals surface area contributed by atoms with Crippen LogP contribution in [-0.2, 0) is 11.3 Å². The second-order valence-corrected chi connectivity index (χ2v) is 5.44. The number of hydrogen-bond donors (Lipinski definition) is 2. The van der Waals surface area contributed by atoms with Gasteiger partial charge in [0.2, 0.25) is 5.95 Å². The molecule has 23 heavy (non-hydrogen) atoms. The molecule has 1 aromatic carbocycles. The normalized spacial score (nSPS) is 11.6. The minimum atomic E-state index is 0.635. The number of nitrogens with one attached hydrogen (secondary N) is 2. The fraction of sp³-hybridized carbons (Fsp3) is 0.294. The maximum atomic E-state index is 5.15. The van der Waals surface area contributed by atoms with Gasteiger partial charge in [-0.15, -0.1) is 0 Å². The summed E-state index contributed by atoms with van der Waals surface area (Å²) in [7, 11) is 1.72. The van der Waals surface area contributed by atoms with Crippen molar-refractivity contribution in [1.29, 1.82) is 0 Å². The summed E-state index contributed by atoms with van der Waals surface area (Å²) >= 11 is 0. The van der Waals surface area contributed by atoms with E-state index in [2.05, 4.69) is 45.0 Å². The average Bonchev–Trinajstić information content (AvgIpc) is 3.07. The van der Waals surface area contributed by atoms with Crippen LogP contribution in [0.1, 0.15) is 17.0 Å². The van der Waals surface area contributed by atoms with Gasteiger partial charge in [-0.1, -0.05) is 12.1 Å². The summed E-state index contributed by atoms with van der Waals surface area (Å²) in [5.41, 5.74) is 8.32. The smallest absolute Gasteiger partial charge is 0.222 e. The number of para-hydroxylation sites is 2. The molecule has 0 atom stereocenters. The maximum Gasteiger partial charge on any atom is 0.222 e. The molecule has 0 unspecified atom stereocenters. The quantitative estimate of drug-likeness (QED) is 0.543. The van der Waals surface area contributed by atoms with Crippen LogP contribution in [0.2, 0.25) is 0 Å². The fourth-order valence-electron chi connectivity index (χ4n) is 2.65. The molecule has 3 rings (SSSR count). The summed E-state index contributed by atoms with van der Waals surface area (Å²) in [6, 6.07) is 10.0. The summed E-state index contributed by atoms with van der Waals surface area (Å²) in [5.74, 6) is 0.635. The molecule has 2 N–H and O–H groups in total. The molecular formula is C17H21N5O. The molecule has 0 aliphatic heterocycles. The Hall–Kier alpha value is -2.60. The largest absolute Gasteiger partial charge is 0.383 e. The molecule has 0 spiro atoms. The zero-order valence-corrected chi connectivity index (χ0v) is 13.6. The first-order valence-corrected chi connectivity index (χ1v) is 7.58. The monoisotopic (exact) mass is 311 g/mol. The van der Waals surface area contributed by atoms with Crippen LogP contribution in [0.4, 0.5) is 5.95 Å². The van der Waals surface area contributed by atoms with Crippen LogP contribution in [0.15, 0.2) is 35.4 Å². The number of aryl methyl sites for hydroxylation is 1. The van der Waals surface area contributed by atoms with Crippen molar-refractivity contribution in [2.75, 3.05) is 19.1 Å². The molecule has 2 aromatic heterocycles. The molecule has 0 radical (unpaired) electrons. The number of imidazole rings is 1. The van der Waals surface area contributed by atoms with Crippen LogP contribution in [0.5, 0.6) is 0 Å².